The second-order valence-corrected chi connectivity index (χ2v) is 4.78. The molecule has 8 nitrogen and oxygen atoms in total. The summed E-state index contributed by atoms with van der Waals surface area (Å²) in [6.07, 6.45) is 0. The van der Waals surface area contributed by atoms with Crippen molar-refractivity contribution in [3.05, 3.63) is 63.5 Å². The molecular weight excluding hydrogens is 335 g/mol. The number of halogens is 1. The highest BCUT2D eigenvalue weighted by atomic mass is 19.1. The number of nitrogens with one attached hydrogen (secondary N) is 1. The van der Waals surface area contributed by atoms with Crippen molar-refractivity contribution < 1.29 is 28.4 Å². The first-order valence-electron chi connectivity index (χ1n) is 6.89. The largest absolute Gasteiger partial charge is 0.496 e. The molecule has 0 aromatic heterocycles. The van der Waals surface area contributed by atoms with Gasteiger partial charge in [-0.3, -0.25) is 14.9 Å². The number of non-ortho nitro benzene ring substituents is 1. The third-order valence-corrected chi connectivity index (χ3v) is 3.28. The van der Waals surface area contributed by atoms with Gasteiger partial charge in [0.1, 0.15) is 11.6 Å². The Labute approximate surface area is 141 Å². The number of methoxy groups -OCH3 is 2. The molecule has 0 aliphatic carbocycles. The molecule has 0 radical (unpaired) electrons. The minimum atomic E-state index is -0.861. The van der Waals surface area contributed by atoms with E-state index in [0.29, 0.717) is 0 Å². The van der Waals surface area contributed by atoms with Gasteiger partial charge in [0, 0.05) is 12.1 Å². The van der Waals surface area contributed by atoms with E-state index in [0.717, 1.165) is 19.2 Å². The summed E-state index contributed by atoms with van der Waals surface area (Å²) in [5.41, 5.74) is -0.669. The smallest absolute Gasteiger partial charge is 0.337 e. The first-order valence-corrected chi connectivity index (χ1v) is 6.89. The van der Waals surface area contributed by atoms with Crippen molar-refractivity contribution in [3.8, 4) is 5.75 Å². The van der Waals surface area contributed by atoms with Crippen LogP contribution in [-0.4, -0.2) is 31.0 Å². The zero-order valence-electron chi connectivity index (χ0n) is 13.2. The number of nitro benzene ring substituents is 1. The molecule has 0 aliphatic heterocycles. The average molecular weight is 348 g/mol. The van der Waals surface area contributed by atoms with E-state index in [9.17, 15) is 24.1 Å². The lowest BCUT2D eigenvalue weighted by Gasteiger charge is -2.10. The van der Waals surface area contributed by atoms with E-state index in [4.69, 9.17) is 4.74 Å². The number of hydrogen-bond acceptors (Lipinski definition) is 6. The number of anilines is 1. The van der Waals surface area contributed by atoms with Crippen LogP contribution in [0.3, 0.4) is 0 Å². The van der Waals surface area contributed by atoms with Gasteiger partial charge in [-0.2, -0.15) is 0 Å². The molecule has 0 bridgehead atoms. The third-order valence-electron chi connectivity index (χ3n) is 3.28. The molecule has 0 spiro atoms. The number of ether oxygens (including phenoxy) is 2. The molecule has 2 aromatic rings. The molecule has 0 atom stereocenters. The second-order valence-electron chi connectivity index (χ2n) is 4.78. The van der Waals surface area contributed by atoms with E-state index in [2.05, 4.69) is 10.1 Å². The molecule has 0 aliphatic rings. The quantitative estimate of drug-likeness (QED) is 0.506. The number of benzene rings is 2. The van der Waals surface area contributed by atoms with Gasteiger partial charge >= 0.3 is 5.97 Å². The molecule has 0 heterocycles. The molecule has 2 aromatic carbocycles. The molecule has 2 rings (SSSR count). The summed E-state index contributed by atoms with van der Waals surface area (Å²) >= 11 is 0. The van der Waals surface area contributed by atoms with Gasteiger partial charge in [0.2, 0.25) is 0 Å². The number of nitro groups is 1. The lowest BCUT2D eigenvalue weighted by molar-refractivity contribution is -0.384. The molecule has 1 amide bonds. The first-order chi connectivity index (χ1) is 11.9. The van der Waals surface area contributed by atoms with Gasteiger partial charge in [-0.15, -0.1) is 0 Å². The van der Waals surface area contributed by atoms with Crippen LogP contribution in [0.25, 0.3) is 0 Å². The Hall–Kier alpha value is -3.49. The number of amides is 1. The van der Waals surface area contributed by atoms with Crippen molar-refractivity contribution in [3.63, 3.8) is 0 Å². The van der Waals surface area contributed by atoms with Crippen LogP contribution in [0.15, 0.2) is 36.4 Å². The molecule has 130 valence electrons. The standard InChI is InChI=1S/C16H13FN2O6/c1-24-14-6-4-10(19(22)23)8-11(14)15(20)18-13-5-3-9(7-12(13)17)16(21)25-2/h3-8H,1-2H3,(H,18,20). The molecule has 0 fully saturated rings. The van der Waals surface area contributed by atoms with E-state index in [1.807, 2.05) is 0 Å². The number of carbonyl (C=O) groups is 2. The fourth-order valence-electron chi connectivity index (χ4n) is 2.04. The van der Waals surface area contributed by atoms with Crippen molar-refractivity contribution in [1.29, 1.82) is 0 Å². The maximum Gasteiger partial charge on any atom is 0.337 e. The van der Waals surface area contributed by atoms with E-state index >= 15 is 0 Å². The van der Waals surface area contributed by atoms with Crippen LogP contribution in [0.1, 0.15) is 20.7 Å². The third kappa shape index (κ3) is 3.89. The van der Waals surface area contributed by atoms with Crippen LogP contribution in [0.5, 0.6) is 5.75 Å². The fraction of sp³-hybridized carbons (Fsp3) is 0.125. The Morgan fingerprint density at radius 1 is 1.16 bits per heavy atom. The predicted molar refractivity (Wildman–Crippen MR) is 85.3 cm³/mol. The summed E-state index contributed by atoms with van der Waals surface area (Å²) < 4.78 is 23.5. The summed E-state index contributed by atoms with van der Waals surface area (Å²) in [5, 5.41) is 13.1. The second kappa shape index (κ2) is 7.39. The SMILES string of the molecule is COC(=O)c1ccc(NC(=O)c2cc([N+](=O)[O-])ccc2OC)c(F)c1. The number of rotatable bonds is 5. The van der Waals surface area contributed by atoms with Gasteiger partial charge in [0.15, 0.2) is 0 Å². The molecule has 0 saturated heterocycles. The summed E-state index contributed by atoms with van der Waals surface area (Å²) in [6.45, 7) is 0. The van der Waals surface area contributed by atoms with E-state index in [1.165, 1.54) is 31.4 Å². The summed E-state index contributed by atoms with van der Waals surface area (Å²) in [7, 11) is 2.45. The van der Waals surface area contributed by atoms with Crippen LogP contribution in [0.2, 0.25) is 0 Å². The molecule has 1 N–H and O–H groups in total. The average Bonchev–Trinajstić information content (AvgIpc) is 2.61. The molecular formula is C16H13FN2O6. The number of nitrogens with zero attached hydrogens (tertiary/aromatic N) is 1. The van der Waals surface area contributed by atoms with E-state index < -0.39 is 22.6 Å². The number of hydrogen-bond donors (Lipinski definition) is 1. The van der Waals surface area contributed by atoms with Crippen molar-refractivity contribution in [2.75, 3.05) is 19.5 Å². The number of carbonyl (C=O) groups excluding carboxylic acids is 2. The highest BCUT2D eigenvalue weighted by molar-refractivity contribution is 6.06. The monoisotopic (exact) mass is 348 g/mol. The van der Waals surface area contributed by atoms with Crippen LogP contribution in [0, 0.1) is 15.9 Å². The number of esters is 1. The van der Waals surface area contributed by atoms with Crippen LogP contribution in [-0.2, 0) is 4.74 Å². The molecule has 0 saturated carbocycles. The van der Waals surface area contributed by atoms with Crippen LogP contribution in [0.4, 0.5) is 15.8 Å². The van der Waals surface area contributed by atoms with E-state index in [1.54, 1.807) is 0 Å². The zero-order chi connectivity index (χ0) is 18.6. The van der Waals surface area contributed by atoms with E-state index in [-0.39, 0.29) is 28.3 Å². The Bertz CT molecular complexity index is 853. The van der Waals surface area contributed by atoms with Crippen LogP contribution >= 0.6 is 0 Å². The van der Waals surface area contributed by atoms with Gasteiger partial charge in [0.25, 0.3) is 11.6 Å². The molecule has 25 heavy (non-hydrogen) atoms. The Kier molecular flexibility index (Phi) is 5.28. The van der Waals surface area contributed by atoms with Gasteiger partial charge in [0.05, 0.1) is 36.0 Å². The first kappa shape index (κ1) is 17.9. The summed E-state index contributed by atoms with van der Waals surface area (Å²) in [4.78, 5) is 33.9. The molecule has 0 unspecified atom stereocenters. The van der Waals surface area contributed by atoms with Crippen molar-refractivity contribution >= 4 is 23.3 Å². The van der Waals surface area contributed by atoms with Crippen molar-refractivity contribution in [2.24, 2.45) is 0 Å². The Balaban J connectivity index is 2.32. The Morgan fingerprint density at radius 2 is 1.88 bits per heavy atom. The van der Waals surface area contributed by atoms with Gasteiger partial charge < -0.3 is 14.8 Å². The Morgan fingerprint density at radius 3 is 2.44 bits per heavy atom. The van der Waals surface area contributed by atoms with Gasteiger partial charge in [-0.1, -0.05) is 0 Å². The topological polar surface area (TPSA) is 108 Å². The lowest BCUT2D eigenvalue weighted by Crippen LogP contribution is -2.15. The minimum Gasteiger partial charge on any atom is -0.496 e. The predicted octanol–water partition coefficient (Wildman–Crippen LogP) is 2.78. The van der Waals surface area contributed by atoms with Gasteiger partial charge in [-0.25, -0.2) is 9.18 Å². The summed E-state index contributed by atoms with van der Waals surface area (Å²) in [5.74, 6) is -2.29. The van der Waals surface area contributed by atoms with Crippen molar-refractivity contribution in [1.82, 2.24) is 0 Å². The highest BCUT2D eigenvalue weighted by Gasteiger charge is 2.19. The highest BCUT2D eigenvalue weighted by Crippen LogP contribution is 2.25. The minimum absolute atomic E-state index is 0.0223. The summed E-state index contributed by atoms with van der Waals surface area (Å²) in [6, 6.07) is 6.84. The normalized spacial score (nSPS) is 10.0. The van der Waals surface area contributed by atoms with Gasteiger partial charge in [-0.05, 0) is 24.3 Å². The maximum atomic E-state index is 14.1. The van der Waals surface area contributed by atoms with Crippen LogP contribution < -0.4 is 10.1 Å². The zero-order valence-corrected chi connectivity index (χ0v) is 13.2. The fourth-order valence-corrected chi connectivity index (χ4v) is 2.04. The van der Waals surface area contributed by atoms with Crippen molar-refractivity contribution in [2.45, 2.75) is 0 Å². The lowest BCUT2D eigenvalue weighted by atomic mass is 10.1. The maximum absolute atomic E-state index is 14.1. The molecule has 9 heteroatoms.